The summed E-state index contributed by atoms with van der Waals surface area (Å²) in [5, 5.41) is 10.7. The van der Waals surface area contributed by atoms with E-state index in [9.17, 15) is 13.9 Å². The number of hydrogen-bond donors (Lipinski definition) is 1. The Morgan fingerprint density at radius 2 is 1.90 bits per heavy atom. The number of piperidine rings is 1. The number of halogens is 2. The molecule has 1 aliphatic rings. The minimum Gasteiger partial charge on any atom is -0.384 e. The van der Waals surface area contributed by atoms with Crippen molar-refractivity contribution in [3.05, 3.63) is 47.5 Å². The minimum atomic E-state index is -1.36. The fourth-order valence-electron chi connectivity index (χ4n) is 2.71. The molecule has 2 atom stereocenters. The molecule has 0 bridgehead atoms. The second kappa shape index (κ2) is 5.62. The predicted octanol–water partition coefficient (Wildman–Crippen LogP) is 3.21. The van der Waals surface area contributed by atoms with Crippen LogP contribution in [0, 0.1) is 11.6 Å². The molecule has 1 heterocycles. The maximum absolute atomic E-state index is 13.9. The van der Waals surface area contributed by atoms with Crippen molar-refractivity contribution < 1.29 is 13.9 Å². The van der Waals surface area contributed by atoms with Gasteiger partial charge in [0, 0.05) is 30.8 Å². The zero-order valence-electron chi connectivity index (χ0n) is 12.0. The summed E-state index contributed by atoms with van der Waals surface area (Å²) in [5.74, 6) is -1.34. The molecule has 0 aliphatic carbocycles. The Labute approximate surface area is 118 Å². The lowest BCUT2D eigenvalue weighted by molar-refractivity contribution is -0.0361. The molecule has 1 fully saturated rings. The van der Waals surface area contributed by atoms with Gasteiger partial charge in [-0.15, -0.1) is 0 Å². The van der Waals surface area contributed by atoms with Crippen LogP contribution in [0.3, 0.4) is 0 Å². The fourth-order valence-corrected chi connectivity index (χ4v) is 2.71. The average Bonchev–Trinajstić information content (AvgIpc) is 2.38. The standard InChI is InChI=1S/C16H21F2NO/c1-11-6-8-19(9-7-11)12(2)16(3,20)14-5-4-13(17)10-15(14)18/h4-5,10,12,20H,1,6-9H2,2-3H3/t12-,16-/m1/s1. The zero-order valence-corrected chi connectivity index (χ0v) is 12.0. The summed E-state index contributed by atoms with van der Waals surface area (Å²) in [6, 6.07) is 3.06. The maximum atomic E-state index is 13.9. The summed E-state index contributed by atoms with van der Waals surface area (Å²) < 4.78 is 26.9. The van der Waals surface area contributed by atoms with Gasteiger partial charge >= 0.3 is 0 Å². The summed E-state index contributed by atoms with van der Waals surface area (Å²) in [6.45, 7) is 9.02. The molecule has 0 saturated carbocycles. The van der Waals surface area contributed by atoms with Crippen molar-refractivity contribution in [2.75, 3.05) is 13.1 Å². The molecule has 1 saturated heterocycles. The second-order valence-electron chi connectivity index (χ2n) is 5.73. The zero-order chi connectivity index (χ0) is 14.9. The van der Waals surface area contributed by atoms with Gasteiger partial charge in [-0.3, -0.25) is 4.90 Å². The van der Waals surface area contributed by atoms with Crippen LogP contribution >= 0.6 is 0 Å². The van der Waals surface area contributed by atoms with Crippen LogP contribution in [0.15, 0.2) is 30.4 Å². The highest BCUT2D eigenvalue weighted by molar-refractivity contribution is 5.26. The first kappa shape index (κ1) is 15.1. The minimum absolute atomic E-state index is 0.135. The molecule has 0 radical (unpaired) electrons. The monoisotopic (exact) mass is 281 g/mol. The Hall–Kier alpha value is -1.26. The lowest BCUT2D eigenvalue weighted by atomic mass is 9.86. The number of rotatable bonds is 3. The Bertz CT molecular complexity index is 503. The van der Waals surface area contributed by atoms with E-state index in [4.69, 9.17) is 0 Å². The summed E-state index contributed by atoms with van der Waals surface area (Å²) in [4.78, 5) is 2.12. The van der Waals surface area contributed by atoms with Gasteiger partial charge in [0.05, 0.1) is 0 Å². The second-order valence-corrected chi connectivity index (χ2v) is 5.73. The Balaban J connectivity index is 2.22. The lowest BCUT2D eigenvalue weighted by Crippen LogP contribution is -2.49. The number of hydrogen-bond acceptors (Lipinski definition) is 2. The van der Waals surface area contributed by atoms with Crippen LogP contribution in [-0.4, -0.2) is 29.1 Å². The molecule has 0 amide bonds. The summed E-state index contributed by atoms with van der Waals surface area (Å²) >= 11 is 0. The van der Waals surface area contributed by atoms with Crippen LogP contribution in [0.2, 0.25) is 0 Å². The summed E-state index contributed by atoms with van der Waals surface area (Å²) in [7, 11) is 0. The van der Waals surface area contributed by atoms with E-state index in [1.165, 1.54) is 17.7 Å². The highest BCUT2D eigenvalue weighted by Crippen LogP contribution is 2.32. The quantitative estimate of drug-likeness (QED) is 0.860. The van der Waals surface area contributed by atoms with Crippen LogP contribution < -0.4 is 0 Å². The van der Waals surface area contributed by atoms with E-state index < -0.39 is 17.2 Å². The maximum Gasteiger partial charge on any atom is 0.132 e. The first-order valence-electron chi connectivity index (χ1n) is 6.91. The summed E-state index contributed by atoms with van der Waals surface area (Å²) in [5.41, 5.74) is -0.0203. The molecule has 110 valence electrons. The average molecular weight is 281 g/mol. The van der Waals surface area contributed by atoms with E-state index >= 15 is 0 Å². The van der Waals surface area contributed by atoms with Crippen molar-refractivity contribution in [1.82, 2.24) is 4.90 Å². The van der Waals surface area contributed by atoms with Gasteiger partial charge in [-0.25, -0.2) is 8.78 Å². The molecule has 1 N–H and O–H groups in total. The van der Waals surface area contributed by atoms with Gasteiger partial charge < -0.3 is 5.11 Å². The van der Waals surface area contributed by atoms with Gasteiger partial charge in [-0.1, -0.05) is 18.2 Å². The van der Waals surface area contributed by atoms with Crippen LogP contribution in [0.5, 0.6) is 0 Å². The molecule has 1 aliphatic heterocycles. The molecule has 1 aromatic rings. The van der Waals surface area contributed by atoms with Gasteiger partial charge in [-0.2, -0.15) is 0 Å². The molecule has 0 spiro atoms. The Morgan fingerprint density at radius 3 is 2.45 bits per heavy atom. The van der Waals surface area contributed by atoms with Gasteiger partial charge in [-0.05, 0) is 32.8 Å². The van der Waals surface area contributed by atoms with Crippen molar-refractivity contribution in [3.63, 3.8) is 0 Å². The smallest absolute Gasteiger partial charge is 0.132 e. The van der Waals surface area contributed by atoms with Crippen LogP contribution in [0.4, 0.5) is 8.78 Å². The van der Waals surface area contributed by atoms with E-state index in [-0.39, 0.29) is 11.6 Å². The van der Waals surface area contributed by atoms with E-state index in [0.717, 1.165) is 32.0 Å². The summed E-state index contributed by atoms with van der Waals surface area (Å²) in [6.07, 6.45) is 1.79. The van der Waals surface area contributed by atoms with Crippen molar-refractivity contribution in [2.45, 2.75) is 38.3 Å². The number of aliphatic hydroxyl groups is 1. The first-order chi connectivity index (χ1) is 9.32. The normalized spacial score (nSPS) is 21.6. The number of nitrogens with zero attached hydrogens (tertiary/aromatic N) is 1. The van der Waals surface area contributed by atoms with Gasteiger partial charge in [0.25, 0.3) is 0 Å². The molecule has 20 heavy (non-hydrogen) atoms. The SMILES string of the molecule is C=C1CCN([C@H](C)[C@@](C)(O)c2ccc(F)cc2F)CC1. The van der Waals surface area contributed by atoms with E-state index in [0.29, 0.717) is 0 Å². The van der Waals surface area contributed by atoms with Crippen molar-refractivity contribution in [1.29, 1.82) is 0 Å². The van der Waals surface area contributed by atoms with E-state index in [1.54, 1.807) is 6.92 Å². The molecule has 0 unspecified atom stereocenters. The first-order valence-corrected chi connectivity index (χ1v) is 6.91. The largest absolute Gasteiger partial charge is 0.384 e. The van der Waals surface area contributed by atoms with Crippen LogP contribution in [0.1, 0.15) is 32.3 Å². The molecule has 2 nitrogen and oxygen atoms in total. The highest BCUT2D eigenvalue weighted by atomic mass is 19.1. The topological polar surface area (TPSA) is 23.5 Å². The van der Waals surface area contributed by atoms with Gasteiger partial charge in [0.1, 0.15) is 17.2 Å². The predicted molar refractivity (Wildman–Crippen MR) is 75.3 cm³/mol. The molecule has 4 heteroatoms. The third kappa shape index (κ3) is 2.91. The Kier molecular flexibility index (Phi) is 4.25. The number of benzene rings is 1. The fraction of sp³-hybridized carbons (Fsp3) is 0.500. The number of likely N-dealkylation sites (tertiary alicyclic amines) is 1. The van der Waals surface area contributed by atoms with Crippen LogP contribution in [-0.2, 0) is 5.60 Å². The van der Waals surface area contributed by atoms with E-state index in [2.05, 4.69) is 11.5 Å². The Morgan fingerprint density at radius 1 is 1.30 bits per heavy atom. The van der Waals surface area contributed by atoms with Crippen LogP contribution in [0.25, 0.3) is 0 Å². The molecule has 2 rings (SSSR count). The van der Waals surface area contributed by atoms with Gasteiger partial charge in [0.2, 0.25) is 0 Å². The van der Waals surface area contributed by atoms with Crippen molar-refractivity contribution in [3.8, 4) is 0 Å². The molecule has 0 aromatic heterocycles. The lowest BCUT2D eigenvalue weighted by Gasteiger charge is -2.41. The highest BCUT2D eigenvalue weighted by Gasteiger charge is 2.37. The van der Waals surface area contributed by atoms with Crippen molar-refractivity contribution >= 4 is 0 Å². The van der Waals surface area contributed by atoms with E-state index in [1.807, 2.05) is 6.92 Å². The molecule has 1 aromatic carbocycles. The molecular weight excluding hydrogens is 260 g/mol. The third-order valence-electron chi connectivity index (χ3n) is 4.34. The molecular formula is C16H21F2NO. The van der Waals surface area contributed by atoms with Crippen molar-refractivity contribution in [2.24, 2.45) is 0 Å². The third-order valence-corrected chi connectivity index (χ3v) is 4.34. The van der Waals surface area contributed by atoms with Gasteiger partial charge in [0.15, 0.2) is 0 Å².